The third-order valence-electron chi connectivity index (χ3n) is 9.87. The van der Waals surface area contributed by atoms with Gasteiger partial charge in [-0.3, -0.25) is 0 Å². The number of hydrogen-bond donors (Lipinski definition) is 1. The zero-order chi connectivity index (χ0) is 30.9. The maximum absolute atomic E-state index is 6.56. The van der Waals surface area contributed by atoms with Gasteiger partial charge < -0.3 is 19.2 Å². The molecule has 2 aromatic heterocycles. The Morgan fingerprint density at radius 3 is 2.21 bits per heavy atom. The quantitative estimate of drug-likeness (QED) is 0.217. The molecule has 0 saturated heterocycles. The summed E-state index contributed by atoms with van der Waals surface area (Å²) in [5, 5.41) is 8.58. The van der Waals surface area contributed by atoms with E-state index < -0.39 is 0 Å². The van der Waals surface area contributed by atoms with Crippen molar-refractivity contribution in [2.24, 2.45) is 0 Å². The SMILES string of the molecule is C1=CCCC(N2c3ccccc3NC2c2ccc(-c3cccc4oc5cc(-n6c7ccccc7c7ccccc76)ccc5c34)cc2)=C1. The molecule has 0 radical (unpaired) electrons. The van der Waals surface area contributed by atoms with Crippen LogP contribution < -0.4 is 10.2 Å². The summed E-state index contributed by atoms with van der Waals surface area (Å²) in [6, 6.07) is 47.9. The summed E-state index contributed by atoms with van der Waals surface area (Å²) in [5.74, 6) is 0. The van der Waals surface area contributed by atoms with Gasteiger partial charge in [0.25, 0.3) is 0 Å². The smallest absolute Gasteiger partial charge is 0.137 e. The molecule has 1 unspecified atom stereocenters. The second-order valence-electron chi connectivity index (χ2n) is 12.5. The Hall–Kier alpha value is -6.00. The maximum atomic E-state index is 6.56. The number of benzene rings is 6. The Labute approximate surface area is 272 Å². The van der Waals surface area contributed by atoms with Gasteiger partial charge in [0.2, 0.25) is 0 Å². The van der Waals surface area contributed by atoms with Gasteiger partial charge in [0.1, 0.15) is 17.3 Å². The number of para-hydroxylation sites is 4. The Balaban J connectivity index is 1.05. The van der Waals surface area contributed by atoms with E-state index in [1.165, 1.54) is 55.6 Å². The van der Waals surface area contributed by atoms with Gasteiger partial charge in [-0.25, -0.2) is 0 Å². The van der Waals surface area contributed by atoms with E-state index in [0.717, 1.165) is 40.5 Å². The van der Waals surface area contributed by atoms with Gasteiger partial charge in [-0.05, 0) is 78.1 Å². The Morgan fingerprint density at radius 2 is 1.43 bits per heavy atom. The highest BCUT2D eigenvalue weighted by Crippen LogP contribution is 2.45. The van der Waals surface area contributed by atoms with Gasteiger partial charge in [-0.1, -0.05) is 97.1 Å². The second kappa shape index (κ2) is 10.3. The van der Waals surface area contributed by atoms with Crippen LogP contribution in [0.3, 0.4) is 0 Å². The molecule has 0 bridgehead atoms. The molecule has 0 saturated carbocycles. The maximum Gasteiger partial charge on any atom is 0.137 e. The van der Waals surface area contributed by atoms with E-state index in [9.17, 15) is 0 Å². The molecular formula is C43H31N3O. The Morgan fingerprint density at radius 1 is 0.660 bits per heavy atom. The number of allylic oxidation sites excluding steroid dienone is 4. The number of nitrogens with one attached hydrogen (secondary N) is 1. The molecule has 1 aliphatic carbocycles. The van der Waals surface area contributed by atoms with Gasteiger partial charge in [0.05, 0.1) is 22.4 Å². The molecule has 1 N–H and O–H groups in total. The van der Waals surface area contributed by atoms with Crippen molar-refractivity contribution in [3.05, 3.63) is 163 Å². The average molecular weight is 606 g/mol. The van der Waals surface area contributed by atoms with Crippen molar-refractivity contribution in [2.45, 2.75) is 19.0 Å². The lowest BCUT2D eigenvalue weighted by Gasteiger charge is -2.30. The van der Waals surface area contributed by atoms with Crippen molar-refractivity contribution in [1.29, 1.82) is 0 Å². The number of anilines is 2. The zero-order valence-electron chi connectivity index (χ0n) is 25.7. The van der Waals surface area contributed by atoms with E-state index in [2.05, 4.69) is 166 Å². The summed E-state index contributed by atoms with van der Waals surface area (Å²) in [6.07, 6.45) is 8.83. The van der Waals surface area contributed by atoms with Crippen LogP contribution in [0.25, 0.3) is 60.6 Å². The molecule has 10 rings (SSSR count). The summed E-state index contributed by atoms with van der Waals surface area (Å²) in [7, 11) is 0. The summed E-state index contributed by atoms with van der Waals surface area (Å²) < 4.78 is 8.90. The fourth-order valence-corrected chi connectivity index (χ4v) is 7.74. The number of hydrogen-bond acceptors (Lipinski definition) is 3. The van der Waals surface area contributed by atoms with Crippen LogP contribution in [0.2, 0.25) is 0 Å². The summed E-state index contributed by atoms with van der Waals surface area (Å²) in [4.78, 5) is 2.47. The Bertz CT molecular complexity index is 2510. The summed E-state index contributed by atoms with van der Waals surface area (Å²) in [5.41, 5.74) is 12.6. The fourth-order valence-electron chi connectivity index (χ4n) is 7.74. The van der Waals surface area contributed by atoms with E-state index in [1.54, 1.807) is 0 Å². The van der Waals surface area contributed by atoms with E-state index in [1.807, 2.05) is 0 Å². The van der Waals surface area contributed by atoms with E-state index >= 15 is 0 Å². The zero-order valence-corrected chi connectivity index (χ0v) is 25.7. The topological polar surface area (TPSA) is 33.3 Å². The van der Waals surface area contributed by atoms with Crippen LogP contribution in [-0.4, -0.2) is 4.57 Å². The van der Waals surface area contributed by atoms with Gasteiger partial charge in [0, 0.05) is 39.0 Å². The highest BCUT2D eigenvalue weighted by molar-refractivity contribution is 6.13. The number of furan rings is 1. The fraction of sp³-hybridized carbons (Fsp3) is 0.0698. The first-order valence-corrected chi connectivity index (χ1v) is 16.4. The first-order valence-electron chi connectivity index (χ1n) is 16.4. The number of fused-ring (bicyclic) bond motifs is 7. The van der Waals surface area contributed by atoms with Gasteiger partial charge in [0.15, 0.2) is 0 Å². The minimum atomic E-state index is 0.0454. The van der Waals surface area contributed by atoms with Crippen LogP contribution in [0.15, 0.2) is 162 Å². The lowest BCUT2D eigenvalue weighted by Crippen LogP contribution is -2.27. The van der Waals surface area contributed by atoms with E-state index in [0.29, 0.717) is 0 Å². The van der Waals surface area contributed by atoms with Gasteiger partial charge >= 0.3 is 0 Å². The molecule has 8 aromatic rings. The lowest BCUT2D eigenvalue weighted by atomic mass is 9.97. The molecule has 2 aliphatic rings. The van der Waals surface area contributed by atoms with Crippen molar-refractivity contribution in [3.63, 3.8) is 0 Å². The van der Waals surface area contributed by atoms with Crippen molar-refractivity contribution >= 4 is 55.1 Å². The third-order valence-corrected chi connectivity index (χ3v) is 9.87. The first-order chi connectivity index (χ1) is 23.3. The molecule has 47 heavy (non-hydrogen) atoms. The standard InChI is InChI=1S/C43H31N3O/c1-2-11-30(12-3-1)46-39-19-9-6-16-36(39)44-43(46)29-23-21-28(22-24-29)32-15-10-20-40-42(32)35-26-25-31(27-41(35)47-40)45-37-17-7-4-13-33(37)34-14-5-8-18-38(34)45/h1-2,4-11,13-27,43-44H,3,12H2. The number of rotatable bonds is 4. The molecule has 4 heteroatoms. The third kappa shape index (κ3) is 4.01. The predicted octanol–water partition coefficient (Wildman–Crippen LogP) is 11.5. The molecule has 4 nitrogen and oxygen atoms in total. The molecule has 6 aromatic carbocycles. The van der Waals surface area contributed by atoms with Crippen molar-refractivity contribution in [3.8, 4) is 16.8 Å². The van der Waals surface area contributed by atoms with Crippen molar-refractivity contribution < 1.29 is 4.42 Å². The molecule has 0 amide bonds. The highest BCUT2D eigenvalue weighted by Gasteiger charge is 2.32. The average Bonchev–Trinajstić information content (AvgIpc) is 3.81. The summed E-state index contributed by atoms with van der Waals surface area (Å²) in [6.45, 7) is 0. The molecule has 3 heterocycles. The van der Waals surface area contributed by atoms with E-state index in [-0.39, 0.29) is 6.17 Å². The largest absolute Gasteiger partial charge is 0.456 e. The van der Waals surface area contributed by atoms with Crippen LogP contribution in [-0.2, 0) is 0 Å². The highest BCUT2D eigenvalue weighted by atomic mass is 16.3. The first kappa shape index (κ1) is 26.2. The summed E-state index contributed by atoms with van der Waals surface area (Å²) >= 11 is 0. The van der Waals surface area contributed by atoms with E-state index in [4.69, 9.17) is 4.42 Å². The second-order valence-corrected chi connectivity index (χ2v) is 12.5. The minimum absolute atomic E-state index is 0.0454. The molecule has 1 aliphatic heterocycles. The molecule has 224 valence electrons. The molecule has 1 atom stereocenters. The van der Waals surface area contributed by atoms with Gasteiger partial charge in [-0.15, -0.1) is 0 Å². The Kier molecular flexibility index (Phi) is 5.73. The monoisotopic (exact) mass is 605 g/mol. The molecule has 0 fully saturated rings. The van der Waals surface area contributed by atoms with Crippen molar-refractivity contribution in [1.82, 2.24) is 4.57 Å². The van der Waals surface area contributed by atoms with Crippen LogP contribution in [0.4, 0.5) is 11.4 Å². The minimum Gasteiger partial charge on any atom is -0.456 e. The van der Waals surface area contributed by atoms with Crippen LogP contribution in [0, 0.1) is 0 Å². The number of nitrogens with zero attached hydrogens (tertiary/aromatic N) is 2. The lowest BCUT2D eigenvalue weighted by molar-refractivity contribution is 0.668. The van der Waals surface area contributed by atoms with Crippen LogP contribution in [0.1, 0.15) is 24.6 Å². The van der Waals surface area contributed by atoms with Gasteiger partial charge in [-0.2, -0.15) is 0 Å². The van der Waals surface area contributed by atoms with Crippen LogP contribution in [0.5, 0.6) is 0 Å². The van der Waals surface area contributed by atoms with Crippen molar-refractivity contribution in [2.75, 3.05) is 10.2 Å². The van der Waals surface area contributed by atoms with Crippen LogP contribution >= 0.6 is 0 Å². The molecule has 0 spiro atoms. The predicted molar refractivity (Wildman–Crippen MR) is 195 cm³/mol. The number of aromatic nitrogens is 1. The molecular weight excluding hydrogens is 574 g/mol. The normalized spacial score (nSPS) is 15.9.